The third-order valence-corrected chi connectivity index (χ3v) is 1.59. The van der Waals surface area contributed by atoms with Crippen molar-refractivity contribution >= 4 is 5.71 Å². The molecule has 0 fully saturated rings. The molecule has 2 heterocycles. The van der Waals surface area contributed by atoms with Crippen LogP contribution >= 0.6 is 0 Å². The van der Waals surface area contributed by atoms with Crippen molar-refractivity contribution in [3.8, 4) is 0 Å². The van der Waals surface area contributed by atoms with E-state index in [0.717, 1.165) is 12.1 Å². The lowest BCUT2D eigenvalue weighted by atomic mass is 10.3. The number of hydrogen-bond donors (Lipinski definition) is 1. The van der Waals surface area contributed by atoms with E-state index in [-0.39, 0.29) is 6.17 Å². The molecule has 1 unspecified atom stereocenters. The van der Waals surface area contributed by atoms with Crippen LogP contribution < -0.4 is 5.53 Å². The number of rotatable bonds is 0. The normalized spacial score (nSPS) is 29.4. The van der Waals surface area contributed by atoms with Gasteiger partial charge in [0.1, 0.15) is 0 Å². The summed E-state index contributed by atoms with van der Waals surface area (Å²) in [5.74, 6) is 0. The monoisotopic (exact) mass is 140 g/mol. The quantitative estimate of drug-likeness (QED) is 0.478. The van der Waals surface area contributed by atoms with Crippen LogP contribution in [-0.2, 0) is 0 Å². The van der Waals surface area contributed by atoms with Crippen molar-refractivity contribution in [1.82, 2.24) is 10.7 Å². The Morgan fingerprint density at radius 2 is 2.60 bits per heavy atom. The zero-order valence-corrected chi connectivity index (χ0v) is 6.07. The first-order valence-corrected chi connectivity index (χ1v) is 3.30. The number of hydrazone groups is 1. The van der Waals surface area contributed by atoms with Gasteiger partial charge in [0.25, 0.3) is 0 Å². The topological polar surface area (TPSA) is 43.0 Å². The average Bonchev–Trinajstić information content (AvgIpc) is 2.21. The highest BCUT2D eigenvalue weighted by atomic mass is 15.9. The van der Waals surface area contributed by atoms with Gasteiger partial charge in [0.15, 0.2) is 7.05 Å². The SMILES string of the molecule is CC1=NN2N[N+](C)=NC2C1. The zero-order chi connectivity index (χ0) is 7.14. The molecule has 1 N–H and O–H groups in total. The van der Waals surface area contributed by atoms with Gasteiger partial charge < -0.3 is 0 Å². The van der Waals surface area contributed by atoms with Crippen LogP contribution in [0, 0.1) is 0 Å². The molecule has 2 aliphatic heterocycles. The molecule has 0 saturated heterocycles. The van der Waals surface area contributed by atoms with Crippen molar-refractivity contribution in [2.75, 3.05) is 7.05 Å². The van der Waals surface area contributed by atoms with Gasteiger partial charge in [-0.15, -0.1) is 5.12 Å². The maximum Gasteiger partial charge on any atom is 0.233 e. The Labute approximate surface area is 59.0 Å². The van der Waals surface area contributed by atoms with Crippen LogP contribution in [0.3, 0.4) is 0 Å². The molecule has 5 heteroatoms. The molecule has 10 heavy (non-hydrogen) atoms. The summed E-state index contributed by atoms with van der Waals surface area (Å²) in [5, 5.41) is 10.2. The summed E-state index contributed by atoms with van der Waals surface area (Å²) in [5.41, 5.74) is 4.09. The summed E-state index contributed by atoms with van der Waals surface area (Å²) in [6, 6.07) is 0. The van der Waals surface area contributed by atoms with Crippen LogP contribution in [0.5, 0.6) is 0 Å². The lowest BCUT2D eigenvalue weighted by Crippen LogP contribution is -2.33. The molecule has 0 amide bonds. The summed E-state index contributed by atoms with van der Waals surface area (Å²) in [7, 11) is 1.86. The zero-order valence-electron chi connectivity index (χ0n) is 6.07. The Hall–Kier alpha value is -1.13. The highest BCUT2D eigenvalue weighted by Gasteiger charge is 2.34. The molecule has 5 nitrogen and oxygen atoms in total. The molecule has 0 aliphatic carbocycles. The minimum atomic E-state index is 0.199. The van der Waals surface area contributed by atoms with E-state index in [1.165, 1.54) is 0 Å². The van der Waals surface area contributed by atoms with Crippen molar-refractivity contribution < 1.29 is 4.81 Å². The van der Waals surface area contributed by atoms with Gasteiger partial charge in [0.05, 0.1) is 0 Å². The van der Waals surface area contributed by atoms with Crippen LogP contribution in [0.4, 0.5) is 0 Å². The summed E-state index contributed by atoms with van der Waals surface area (Å²) < 4.78 is 0. The molecule has 0 bridgehead atoms. The minimum absolute atomic E-state index is 0.199. The van der Waals surface area contributed by atoms with E-state index in [1.54, 1.807) is 9.92 Å². The maximum atomic E-state index is 4.23. The van der Waals surface area contributed by atoms with Crippen LogP contribution in [0.15, 0.2) is 10.2 Å². The summed E-state index contributed by atoms with van der Waals surface area (Å²) in [6.07, 6.45) is 1.14. The highest BCUT2D eigenvalue weighted by molar-refractivity contribution is 5.83. The van der Waals surface area contributed by atoms with Gasteiger partial charge in [-0.2, -0.15) is 5.10 Å². The van der Waals surface area contributed by atoms with E-state index >= 15 is 0 Å². The molecule has 0 aromatic carbocycles. The Morgan fingerprint density at radius 1 is 1.80 bits per heavy atom. The third-order valence-electron chi connectivity index (χ3n) is 1.59. The van der Waals surface area contributed by atoms with Gasteiger partial charge in [-0.3, -0.25) is 0 Å². The number of hydrogen-bond acceptors (Lipinski definition) is 4. The largest absolute Gasteiger partial charge is 0.233 e. The van der Waals surface area contributed by atoms with E-state index in [1.807, 2.05) is 14.0 Å². The molecular formula is C5H10N5+. The van der Waals surface area contributed by atoms with Crippen molar-refractivity contribution in [2.45, 2.75) is 19.5 Å². The fraction of sp³-hybridized carbons (Fsp3) is 0.800. The molecule has 0 aromatic heterocycles. The first-order valence-electron chi connectivity index (χ1n) is 3.30. The first-order chi connectivity index (χ1) is 4.75. The number of fused-ring (bicyclic) bond motifs is 1. The second kappa shape index (κ2) is 1.68. The number of azo groups is 1. The molecular weight excluding hydrogens is 130 g/mol. The number of nitrogens with zero attached hydrogens (tertiary/aromatic N) is 4. The van der Waals surface area contributed by atoms with Crippen LogP contribution in [0.25, 0.3) is 0 Å². The van der Waals surface area contributed by atoms with E-state index in [2.05, 4.69) is 15.8 Å². The van der Waals surface area contributed by atoms with Crippen LogP contribution in [-0.4, -0.2) is 28.8 Å². The number of nitrogens with one attached hydrogen (secondary N) is 1. The van der Waals surface area contributed by atoms with Crippen molar-refractivity contribution in [2.24, 2.45) is 10.2 Å². The third kappa shape index (κ3) is 0.665. The van der Waals surface area contributed by atoms with Gasteiger partial charge in [-0.05, 0) is 6.92 Å². The second-order valence-electron chi connectivity index (χ2n) is 2.60. The predicted octanol–water partition coefficient (Wildman–Crippen LogP) is -0.0782. The molecule has 1 atom stereocenters. The fourth-order valence-corrected chi connectivity index (χ4v) is 1.19. The summed E-state index contributed by atoms with van der Waals surface area (Å²) in [4.78, 5) is 1.68. The number of hydrazine groups is 2. The van der Waals surface area contributed by atoms with Gasteiger partial charge in [-0.25, -0.2) is 0 Å². The molecule has 0 saturated carbocycles. The predicted molar refractivity (Wildman–Crippen MR) is 35.1 cm³/mol. The second-order valence-corrected chi connectivity index (χ2v) is 2.60. The van der Waals surface area contributed by atoms with Crippen molar-refractivity contribution in [3.63, 3.8) is 0 Å². The molecule has 54 valence electrons. The first kappa shape index (κ1) is 5.64. The molecule has 2 rings (SSSR count). The lowest BCUT2D eigenvalue weighted by molar-refractivity contribution is -0.628. The van der Waals surface area contributed by atoms with Gasteiger partial charge in [0.2, 0.25) is 6.17 Å². The fourth-order valence-electron chi connectivity index (χ4n) is 1.19. The van der Waals surface area contributed by atoms with Crippen molar-refractivity contribution in [3.05, 3.63) is 0 Å². The average molecular weight is 140 g/mol. The Morgan fingerprint density at radius 3 is 3.30 bits per heavy atom. The van der Waals surface area contributed by atoms with Gasteiger partial charge in [0, 0.05) is 22.1 Å². The standard InChI is InChI=1S/C5H10N5/c1-4-3-5-7-9(2)8-10(5)6-4/h5H,3H2,1-2H3,(H,7,8)/q+1. The Kier molecular flexibility index (Phi) is 0.947. The molecule has 0 aromatic rings. The Bertz CT molecular complexity index is 194. The van der Waals surface area contributed by atoms with E-state index in [4.69, 9.17) is 0 Å². The minimum Gasteiger partial charge on any atom is -0.160 e. The lowest BCUT2D eigenvalue weighted by Gasteiger charge is -2.03. The van der Waals surface area contributed by atoms with Crippen LogP contribution in [0.2, 0.25) is 0 Å². The summed E-state index contributed by atoms with van der Waals surface area (Å²) in [6.45, 7) is 2.01. The summed E-state index contributed by atoms with van der Waals surface area (Å²) >= 11 is 0. The molecule has 2 aliphatic rings. The van der Waals surface area contributed by atoms with Crippen LogP contribution in [0.1, 0.15) is 13.3 Å². The Balaban J connectivity index is 2.17. The smallest absolute Gasteiger partial charge is 0.160 e. The van der Waals surface area contributed by atoms with Crippen molar-refractivity contribution in [1.29, 1.82) is 0 Å². The molecule has 0 radical (unpaired) electrons. The van der Waals surface area contributed by atoms with Gasteiger partial charge in [-0.1, -0.05) is 5.53 Å². The van der Waals surface area contributed by atoms with E-state index in [9.17, 15) is 0 Å². The van der Waals surface area contributed by atoms with E-state index < -0.39 is 0 Å². The molecule has 0 spiro atoms. The highest BCUT2D eigenvalue weighted by Crippen LogP contribution is 2.16. The van der Waals surface area contributed by atoms with E-state index in [0.29, 0.717) is 0 Å². The van der Waals surface area contributed by atoms with Gasteiger partial charge >= 0.3 is 0 Å². The maximum absolute atomic E-state index is 4.23.